The summed E-state index contributed by atoms with van der Waals surface area (Å²) in [4.78, 5) is 12.2. The predicted molar refractivity (Wildman–Crippen MR) is 71.7 cm³/mol. The first-order valence-electron chi connectivity index (χ1n) is 6.67. The molecule has 2 aliphatic rings. The van der Waals surface area contributed by atoms with E-state index in [-0.39, 0.29) is 35.4 Å². The highest BCUT2D eigenvalue weighted by Crippen LogP contribution is 2.38. The number of hydrogen-bond donors (Lipinski definition) is 3. The molecule has 1 aromatic carbocycles. The number of ether oxygens (including phenoxy) is 2. The van der Waals surface area contributed by atoms with Gasteiger partial charge in [0, 0.05) is 18.6 Å². The average molecular weight is 278 g/mol. The number of amides is 1. The molecule has 0 spiro atoms. The van der Waals surface area contributed by atoms with Crippen LogP contribution in [0.4, 0.5) is 0 Å². The Kier molecular flexibility index (Phi) is 3.27. The first-order valence-corrected chi connectivity index (χ1v) is 6.67. The maximum atomic E-state index is 12.2. The zero-order chi connectivity index (χ0) is 14.3. The third-order valence-corrected chi connectivity index (χ3v) is 4.19. The van der Waals surface area contributed by atoms with E-state index in [9.17, 15) is 9.90 Å². The van der Waals surface area contributed by atoms with Crippen molar-refractivity contribution in [1.82, 2.24) is 5.32 Å². The number of rotatable bonds is 3. The van der Waals surface area contributed by atoms with Crippen molar-refractivity contribution in [3.05, 3.63) is 23.8 Å². The van der Waals surface area contributed by atoms with Crippen LogP contribution in [-0.2, 0) is 4.74 Å². The molecule has 6 heteroatoms. The highest BCUT2D eigenvalue weighted by Gasteiger charge is 2.52. The lowest BCUT2D eigenvalue weighted by Gasteiger charge is -2.45. The standard InChI is InChI=1S/C14H18N2O4/c1-19-7-2-3-10(17)9(6-7)14(18)16-12-11(15)8-4-5-20-13(8)12/h2-3,6,8,11-13,17H,4-5,15H2,1H3,(H,16,18). The number of aromatic hydroxyl groups is 1. The molecule has 1 heterocycles. The molecular weight excluding hydrogens is 260 g/mol. The van der Waals surface area contributed by atoms with E-state index in [1.807, 2.05) is 0 Å². The van der Waals surface area contributed by atoms with Gasteiger partial charge in [-0.3, -0.25) is 4.79 Å². The van der Waals surface area contributed by atoms with Gasteiger partial charge in [0.15, 0.2) is 0 Å². The number of nitrogens with one attached hydrogen (secondary N) is 1. The van der Waals surface area contributed by atoms with Crippen molar-refractivity contribution < 1.29 is 19.4 Å². The molecule has 1 saturated carbocycles. The van der Waals surface area contributed by atoms with Gasteiger partial charge in [-0.25, -0.2) is 0 Å². The quantitative estimate of drug-likeness (QED) is 0.736. The van der Waals surface area contributed by atoms with Gasteiger partial charge in [0.2, 0.25) is 0 Å². The van der Waals surface area contributed by atoms with Crippen LogP contribution in [0.2, 0.25) is 0 Å². The van der Waals surface area contributed by atoms with Crippen molar-refractivity contribution in [2.24, 2.45) is 11.7 Å². The van der Waals surface area contributed by atoms with Crippen molar-refractivity contribution in [2.45, 2.75) is 24.6 Å². The van der Waals surface area contributed by atoms with Crippen LogP contribution in [0.25, 0.3) is 0 Å². The summed E-state index contributed by atoms with van der Waals surface area (Å²) < 4.78 is 10.6. The Morgan fingerprint density at radius 3 is 3.10 bits per heavy atom. The minimum Gasteiger partial charge on any atom is -0.507 e. The van der Waals surface area contributed by atoms with Crippen LogP contribution >= 0.6 is 0 Å². The molecule has 108 valence electrons. The number of hydrogen-bond acceptors (Lipinski definition) is 5. The summed E-state index contributed by atoms with van der Waals surface area (Å²) in [5.74, 6) is 0.399. The van der Waals surface area contributed by atoms with Crippen LogP contribution in [0.3, 0.4) is 0 Å². The molecule has 4 N–H and O–H groups in total. The molecule has 1 saturated heterocycles. The second-order valence-corrected chi connectivity index (χ2v) is 5.25. The van der Waals surface area contributed by atoms with Crippen molar-refractivity contribution in [1.29, 1.82) is 0 Å². The highest BCUT2D eigenvalue weighted by atomic mass is 16.5. The van der Waals surface area contributed by atoms with Gasteiger partial charge in [0.25, 0.3) is 5.91 Å². The number of fused-ring (bicyclic) bond motifs is 1. The summed E-state index contributed by atoms with van der Waals surface area (Å²) in [5, 5.41) is 12.6. The summed E-state index contributed by atoms with van der Waals surface area (Å²) in [6, 6.07) is 4.25. The van der Waals surface area contributed by atoms with Crippen LogP contribution in [-0.4, -0.2) is 42.9 Å². The number of benzene rings is 1. The largest absolute Gasteiger partial charge is 0.507 e. The zero-order valence-electron chi connectivity index (χ0n) is 11.2. The number of carbonyl (C=O) groups excluding carboxylic acids is 1. The fraction of sp³-hybridized carbons (Fsp3) is 0.500. The fourth-order valence-electron chi connectivity index (χ4n) is 2.98. The molecule has 0 bridgehead atoms. The topological polar surface area (TPSA) is 93.8 Å². The lowest BCUT2D eigenvalue weighted by atomic mass is 9.72. The molecule has 0 radical (unpaired) electrons. The Balaban J connectivity index is 1.73. The Morgan fingerprint density at radius 2 is 2.35 bits per heavy atom. The van der Waals surface area contributed by atoms with Gasteiger partial charge in [0.1, 0.15) is 11.5 Å². The van der Waals surface area contributed by atoms with Crippen molar-refractivity contribution >= 4 is 5.91 Å². The molecule has 1 aromatic rings. The van der Waals surface area contributed by atoms with E-state index < -0.39 is 0 Å². The molecular formula is C14H18N2O4. The second kappa shape index (κ2) is 4.96. The van der Waals surface area contributed by atoms with Crippen LogP contribution < -0.4 is 15.8 Å². The maximum absolute atomic E-state index is 12.2. The molecule has 1 aliphatic carbocycles. The van der Waals surface area contributed by atoms with Gasteiger partial charge in [-0.2, -0.15) is 0 Å². The van der Waals surface area contributed by atoms with Crippen LogP contribution in [0.1, 0.15) is 16.8 Å². The summed E-state index contributed by atoms with van der Waals surface area (Å²) in [6.07, 6.45) is 0.949. The Bertz CT molecular complexity index is 534. The Hall–Kier alpha value is -1.79. The van der Waals surface area contributed by atoms with E-state index >= 15 is 0 Å². The van der Waals surface area contributed by atoms with Gasteiger partial charge in [-0.15, -0.1) is 0 Å². The van der Waals surface area contributed by atoms with E-state index in [0.29, 0.717) is 18.3 Å². The average Bonchev–Trinajstić information content (AvgIpc) is 2.89. The Labute approximate surface area is 116 Å². The normalized spacial score (nSPS) is 31.3. The summed E-state index contributed by atoms with van der Waals surface area (Å²) in [6.45, 7) is 0.694. The Morgan fingerprint density at radius 1 is 1.55 bits per heavy atom. The minimum absolute atomic E-state index is 0.00157. The number of nitrogens with two attached hydrogens (primary N) is 1. The minimum atomic E-state index is -0.365. The van der Waals surface area contributed by atoms with Gasteiger partial charge in [-0.1, -0.05) is 0 Å². The van der Waals surface area contributed by atoms with E-state index in [1.165, 1.54) is 19.2 Å². The third kappa shape index (κ3) is 2.01. The first kappa shape index (κ1) is 13.2. The highest BCUT2D eigenvalue weighted by molar-refractivity contribution is 5.97. The number of carbonyl (C=O) groups is 1. The molecule has 1 amide bonds. The molecule has 0 aromatic heterocycles. The van der Waals surface area contributed by atoms with Gasteiger partial charge in [0.05, 0.1) is 24.8 Å². The summed E-state index contributed by atoms with van der Waals surface area (Å²) in [7, 11) is 1.51. The molecule has 4 unspecified atom stereocenters. The van der Waals surface area contributed by atoms with E-state index in [0.717, 1.165) is 6.42 Å². The molecule has 3 rings (SSSR count). The lowest BCUT2D eigenvalue weighted by molar-refractivity contribution is -0.0161. The monoisotopic (exact) mass is 278 g/mol. The molecule has 2 fully saturated rings. The number of methoxy groups -OCH3 is 1. The summed E-state index contributed by atoms with van der Waals surface area (Å²) >= 11 is 0. The smallest absolute Gasteiger partial charge is 0.255 e. The van der Waals surface area contributed by atoms with Crippen LogP contribution in [0, 0.1) is 5.92 Å². The summed E-state index contributed by atoms with van der Waals surface area (Å²) in [5.41, 5.74) is 6.23. The van der Waals surface area contributed by atoms with Crippen molar-refractivity contribution in [2.75, 3.05) is 13.7 Å². The zero-order valence-corrected chi connectivity index (χ0v) is 11.2. The first-order chi connectivity index (χ1) is 9.61. The predicted octanol–water partition coefficient (Wildman–Crippen LogP) is 0.245. The van der Waals surface area contributed by atoms with Crippen LogP contribution in [0.5, 0.6) is 11.5 Å². The second-order valence-electron chi connectivity index (χ2n) is 5.25. The molecule has 1 aliphatic heterocycles. The van der Waals surface area contributed by atoms with Gasteiger partial charge >= 0.3 is 0 Å². The number of phenols is 1. The lowest BCUT2D eigenvalue weighted by Crippen LogP contribution is -2.68. The van der Waals surface area contributed by atoms with E-state index in [2.05, 4.69) is 5.32 Å². The van der Waals surface area contributed by atoms with Gasteiger partial charge in [-0.05, 0) is 24.6 Å². The van der Waals surface area contributed by atoms with Crippen molar-refractivity contribution in [3.63, 3.8) is 0 Å². The van der Waals surface area contributed by atoms with E-state index in [4.69, 9.17) is 15.2 Å². The fourth-order valence-corrected chi connectivity index (χ4v) is 2.98. The maximum Gasteiger partial charge on any atom is 0.255 e. The van der Waals surface area contributed by atoms with Gasteiger partial charge < -0.3 is 25.6 Å². The molecule has 4 atom stereocenters. The number of phenolic OH excluding ortho intramolecular Hbond substituents is 1. The SMILES string of the molecule is COc1ccc(O)c(C(=O)NC2C(N)C3CCOC32)c1. The van der Waals surface area contributed by atoms with Crippen molar-refractivity contribution in [3.8, 4) is 11.5 Å². The third-order valence-electron chi connectivity index (χ3n) is 4.19. The molecule has 20 heavy (non-hydrogen) atoms. The van der Waals surface area contributed by atoms with E-state index in [1.54, 1.807) is 6.07 Å². The molecule has 6 nitrogen and oxygen atoms in total. The van der Waals surface area contributed by atoms with Crippen LogP contribution in [0.15, 0.2) is 18.2 Å².